The summed E-state index contributed by atoms with van der Waals surface area (Å²) in [4.78, 5) is 7.44. The highest BCUT2D eigenvalue weighted by Gasteiger charge is 2.19. The minimum absolute atomic E-state index is 0.0337. The van der Waals surface area contributed by atoms with Crippen molar-refractivity contribution < 1.29 is 8.42 Å². The van der Waals surface area contributed by atoms with Crippen molar-refractivity contribution in [1.29, 1.82) is 0 Å². The van der Waals surface area contributed by atoms with Crippen molar-refractivity contribution >= 4 is 20.9 Å². The molecule has 7 heteroatoms. The van der Waals surface area contributed by atoms with Gasteiger partial charge in [0.15, 0.2) is 15.5 Å². The zero-order chi connectivity index (χ0) is 16.6. The Balaban J connectivity index is 1.70. The summed E-state index contributed by atoms with van der Waals surface area (Å²) in [5, 5.41) is 7.91. The lowest BCUT2D eigenvalue weighted by Crippen LogP contribution is -2.03. The highest BCUT2D eigenvalue weighted by molar-refractivity contribution is 7.90. The molecule has 3 heterocycles. The van der Waals surface area contributed by atoms with Crippen LogP contribution in [0.5, 0.6) is 0 Å². The van der Waals surface area contributed by atoms with Crippen LogP contribution in [0.25, 0.3) is 22.4 Å². The zero-order valence-corrected chi connectivity index (χ0v) is 13.4. The van der Waals surface area contributed by atoms with Crippen LogP contribution < -0.4 is 0 Å². The highest BCUT2D eigenvalue weighted by Crippen LogP contribution is 2.27. The molecule has 120 valence electrons. The lowest BCUT2D eigenvalue weighted by atomic mass is 10.2. The summed E-state index contributed by atoms with van der Waals surface area (Å²) in [5.41, 5.74) is 2.71. The van der Waals surface area contributed by atoms with Crippen molar-refractivity contribution in [1.82, 2.24) is 20.2 Å². The molecule has 0 saturated carbocycles. The Kier molecular flexibility index (Phi) is 3.42. The van der Waals surface area contributed by atoms with Crippen LogP contribution in [-0.2, 0) is 15.6 Å². The number of rotatable bonds is 4. The van der Waals surface area contributed by atoms with Crippen molar-refractivity contribution in [3.63, 3.8) is 0 Å². The van der Waals surface area contributed by atoms with E-state index in [0.717, 1.165) is 10.9 Å². The molecule has 0 unspecified atom stereocenters. The predicted molar refractivity (Wildman–Crippen MR) is 91.0 cm³/mol. The minimum atomic E-state index is -3.42. The molecule has 4 rings (SSSR count). The lowest BCUT2D eigenvalue weighted by molar-refractivity contribution is 0.595. The number of sulfone groups is 1. The summed E-state index contributed by atoms with van der Waals surface area (Å²) in [7, 11) is -3.42. The molecule has 0 bridgehead atoms. The van der Waals surface area contributed by atoms with E-state index in [2.05, 4.69) is 20.2 Å². The number of H-pyrrole nitrogens is 2. The molecule has 0 aliphatic heterocycles. The van der Waals surface area contributed by atoms with Crippen molar-refractivity contribution in [2.45, 2.75) is 10.6 Å². The summed E-state index contributed by atoms with van der Waals surface area (Å²) >= 11 is 0. The second-order valence-corrected chi connectivity index (χ2v) is 7.46. The third-order valence-electron chi connectivity index (χ3n) is 3.81. The molecular formula is C17H14N4O2S. The molecule has 24 heavy (non-hydrogen) atoms. The Labute approximate surface area is 138 Å². The van der Waals surface area contributed by atoms with E-state index in [1.165, 1.54) is 6.20 Å². The average Bonchev–Trinajstić information content (AvgIpc) is 3.22. The zero-order valence-electron chi connectivity index (χ0n) is 12.6. The van der Waals surface area contributed by atoms with Crippen molar-refractivity contribution in [2.75, 3.05) is 0 Å². The van der Waals surface area contributed by atoms with E-state index in [-0.39, 0.29) is 10.6 Å². The fraction of sp³-hybridized carbons (Fsp3) is 0.0588. The molecule has 1 aromatic carbocycles. The molecule has 2 N–H and O–H groups in total. The number of aromatic amines is 2. The molecule has 4 aromatic rings. The number of pyridine rings is 1. The summed E-state index contributed by atoms with van der Waals surface area (Å²) in [6, 6.07) is 14.4. The normalized spacial score (nSPS) is 11.8. The lowest BCUT2D eigenvalue weighted by Gasteiger charge is -2.01. The molecule has 0 fully saturated rings. The van der Waals surface area contributed by atoms with Crippen LogP contribution in [-0.4, -0.2) is 28.6 Å². The third-order valence-corrected chi connectivity index (χ3v) is 5.47. The number of hydrogen-bond donors (Lipinski definition) is 2. The first kappa shape index (κ1) is 14.6. The van der Waals surface area contributed by atoms with Crippen LogP contribution in [0, 0.1) is 0 Å². The van der Waals surface area contributed by atoms with Gasteiger partial charge in [-0.3, -0.25) is 5.10 Å². The first-order chi connectivity index (χ1) is 11.6. The third kappa shape index (κ3) is 2.59. The molecule has 0 atom stereocenters. The number of hydrogen-bond acceptors (Lipinski definition) is 4. The largest absolute Gasteiger partial charge is 0.359 e. The average molecular weight is 338 g/mol. The number of nitrogens with one attached hydrogen (secondary N) is 2. The van der Waals surface area contributed by atoms with Gasteiger partial charge >= 0.3 is 0 Å². The smallest absolute Gasteiger partial charge is 0.184 e. The van der Waals surface area contributed by atoms with Crippen LogP contribution >= 0.6 is 0 Å². The summed E-state index contributed by atoms with van der Waals surface area (Å²) in [6.07, 6.45) is 3.18. The Morgan fingerprint density at radius 1 is 1.04 bits per heavy atom. The molecular weight excluding hydrogens is 324 g/mol. The van der Waals surface area contributed by atoms with Gasteiger partial charge in [-0.05, 0) is 23.8 Å². The van der Waals surface area contributed by atoms with Crippen molar-refractivity contribution in [3.05, 3.63) is 66.5 Å². The summed E-state index contributed by atoms with van der Waals surface area (Å²) in [5.74, 6) is -0.0337. The monoisotopic (exact) mass is 338 g/mol. The van der Waals surface area contributed by atoms with Gasteiger partial charge in [0.2, 0.25) is 0 Å². The molecule has 0 saturated heterocycles. The van der Waals surface area contributed by atoms with Crippen LogP contribution in [0.4, 0.5) is 0 Å². The van der Waals surface area contributed by atoms with Gasteiger partial charge in [0.1, 0.15) is 5.69 Å². The first-order valence-electron chi connectivity index (χ1n) is 7.38. The van der Waals surface area contributed by atoms with Gasteiger partial charge in [0.25, 0.3) is 0 Å². The maximum Gasteiger partial charge on any atom is 0.184 e. The van der Waals surface area contributed by atoms with E-state index < -0.39 is 9.84 Å². The predicted octanol–water partition coefficient (Wildman–Crippen LogP) is 2.93. The summed E-state index contributed by atoms with van der Waals surface area (Å²) in [6.45, 7) is 0. The van der Waals surface area contributed by atoms with Crippen LogP contribution in [0.1, 0.15) is 5.56 Å². The van der Waals surface area contributed by atoms with Crippen LogP contribution in [0.2, 0.25) is 0 Å². The Morgan fingerprint density at radius 2 is 1.88 bits per heavy atom. The van der Waals surface area contributed by atoms with Gasteiger partial charge in [-0.2, -0.15) is 5.10 Å². The van der Waals surface area contributed by atoms with E-state index in [9.17, 15) is 8.42 Å². The van der Waals surface area contributed by atoms with E-state index in [0.29, 0.717) is 17.0 Å². The first-order valence-corrected chi connectivity index (χ1v) is 9.03. The molecule has 0 aliphatic rings. The van der Waals surface area contributed by atoms with E-state index >= 15 is 0 Å². The van der Waals surface area contributed by atoms with Gasteiger partial charge in [0.05, 0.1) is 16.3 Å². The van der Waals surface area contributed by atoms with E-state index in [1.54, 1.807) is 24.4 Å². The SMILES string of the molecule is O=S(=O)(Cc1ccccc1)c1c[nH]c(-c2n[nH]c3ncccc23)c1. The number of fused-ring (bicyclic) bond motifs is 1. The second kappa shape index (κ2) is 5.61. The van der Waals surface area contributed by atoms with Gasteiger partial charge < -0.3 is 4.98 Å². The minimum Gasteiger partial charge on any atom is -0.359 e. The fourth-order valence-corrected chi connectivity index (χ4v) is 3.96. The molecule has 0 spiro atoms. The Morgan fingerprint density at radius 3 is 2.71 bits per heavy atom. The fourth-order valence-electron chi connectivity index (χ4n) is 2.63. The quantitative estimate of drug-likeness (QED) is 0.598. The molecule has 0 amide bonds. The van der Waals surface area contributed by atoms with Gasteiger partial charge in [0, 0.05) is 17.8 Å². The maximum absolute atomic E-state index is 12.6. The van der Waals surface area contributed by atoms with E-state index in [4.69, 9.17) is 0 Å². The topological polar surface area (TPSA) is 91.5 Å². The number of benzene rings is 1. The Hall–Kier alpha value is -2.93. The van der Waals surface area contributed by atoms with Gasteiger partial charge in [-0.25, -0.2) is 13.4 Å². The standard InChI is InChI=1S/C17H14N4O2S/c22-24(23,11-12-5-2-1-3-6-12)13-9-15(19-10-13)16-14-7-4-8-18-17(14)21-20-16/h1-10,19H,11H2,(H,18,20,21). The molecule has 0 radical (unpaired) electrons. The molecule has 0 aliphatic carbocycles. The van der Waals surface area contributed by atoms with Crippen molar-refractivity contribution in [3.8, 4) is 11.4 Å². The summed E-state index contributed by atoms with van der Waals surface area (Å²) < 4.78 is 25.2. The number of aromatic nitrogens is 4. The highest BCUT2D eigenvalue weighted by atomic mass is 32.2. The van der Waals surface area contributed by atoms with Crippen LogP contribution in [0.3, 0.4) is 0 Å². The van der Waals surface area contributed by atoms with E-state index in [1.807, 2.05) is 30.3 Å². The second-order valence-electron chi connectivity index (χ2n) is 5.47. The van der Waals surface area contributed by atoms with Gasteiger partial charge in [-0.15, -0.1) is 0 Å². The number of nitrogens with zero attached hydrogens (tertiary/aromatic N) is 2. The van der Waals surface area contributed by atoms with Crippen molar-refractivity contribution in [2.24, 2.45) is 0 Å². The molecule has 3 aromatic heterocycles. The molecule has 6 nitrogen and oxygen atoms in total. The van der Waals surface area contributed by atoms with Crippen LogP contribution in [0.15, 0.2) is 65.8 Å². The van der Waals surface area contributed by atoms with Gasteiger partial charge in [-0.1, -0.05) is 30.3 Å². The maximum atomic E-state index is 12.6. The Bertz CT molecular complexity index is 1100.